The first-order valence-electron chi connectivity index (χ1n) is 9.21. The van der Waals surface area contributed by atoms with E-state index in [1.165, 1.54) is 11.3 Å². The molecule has 0 spiro atoms. The molecule has 2 aromatic carbocycles. The van der Waals surface area contributed by atoms with Gasteiger partial charge in [0.2, 0.25) is 0 Å². The minimum Gasteiger partial charge on any atom is -0.486 e. The highest BCUT2D eigenvalue weighted by molar-refractivity contribution is 5.69. The van der Waals surface area contributed by atoms with E-state index in [9.17, 15) is 0 Å². The normalized spacial score (nSPS) is 15.2. The molecule has 0 amide bonds. The topological polar surface area (TPSA) is 59.5 Å². The fourth-order valence-electron chi connectivity index (χ4n) is 3.60. The Balaban J connectivity index is 1.42. The Morgan fingerprint density at radius 1 is 0.926 bits per heavy atom. The van der Waals surface area contributed by atoms with E-state index in [0.717, 1.165) is 48.2 Å². The number of anilines is 4. The van der Waals surface area contributed by atoms with Crippen molar-refractivity contribution < 1.29 is 9.47 Å². The highest BCUT2D eigenvalue weighted by Gasteiger charge is 2.19. The largest absolute Gasteiger partial charge is 0.486 e. The first-order chi connectivity index (χ1) is 13.4. The lowest BCUT2D eigenvalue weighted by atomic mass is 10.0. The van der Waals surface area contributed by atoms with Crippen molar-refractivity contribution in [2.24, 2.45) is 0 Å². The number of ether oxygens (including phenoxy) is 2. The molecule has 136 valence electrons. The summed E-state index contributed by atoms with van der Waals surface area (Å²) in [5.41, 5.74) is 3.50. The number of fused-ring (bicyclic) bond motifs is 2. The second-order valence-electron chi connectivity index (χ2n) is 6.63. The van der Waals surface area contributed by atoms with E-state index in [0.29, 0.717) is 13.2 Å². The van der Waals surface area contributed by atoms with Crippen molar-refractivity contribution in [3.8, 4) is 11.5 Å². The molecular formula is C21H20N4O2. The lowest BCUT2D eigenvalue weighted by Gasteiger charge is -2.30. The smallest absolute Gasteiger partial charge is 0.163 e. The van der Waals surface area contributed by atoms with Gasteiger partial charge in [0.1, 0.15) is 31.2 Å². The lowest BCUT2D eigenvalue weighted by molar-refractivity contribution is 0.171. The van der Waals surface area contributed by atoms with Gasteiger partial charge in [0, 0.05) is 30.1 Å². The van der Waals surface area contributed by atoms with Gasteiger partial charge in [-0.05, 0) is 36.6 Å². The van der Waals surface area contributed by atoms with Crippen LogP contribution in [-0.2, 0) is 6.42 Å². The second-order valence-corrected chi connectivity index (χ2v) is 6.63. The molecule has 0 fully saturated rings. The van der Waals surface area contributed by atoms with Gasteiger partial charge in [0.15, 0.2) is 11.5 Å². The van der Waals surface area contributed by atoms with Crippen LogP contribution in [0.2, 0.25) is 0 Å². The zero-order valence-corrected chi connectivity index (χ0v) is 14.9. The summed E-state index contributed by atoms with van der Waals surface area (Å²) in [6.07, 6.45) is 3.83. The third-order valence-corrected chi connectivity index (χ3v) is 4.85. The van der Waals surface area contributed by atoms with E-state index in [1.807, 2.05) is 24.3 Å². The third-order valence-electron chi connectivity index (χ3n) is 4.85. The molecule has 0 unspecified atom stereocenters. The quantitative estimate of drug-likeness (QED) is 0.760. The molecule has 0 radical (unpaired) electrons. The van der Waals surface area contributed by atoms with Crippen LogP contribution in [-0.4, -0.2) is 29.7 Å². The molecule has 0 saturated heterocycles. The van der Waals surface area contributed by atoms with Gasteiger partial charge in [-0.15, -0.1) is 0 Å². The molecule has 0 atom stereocenters. The maximum atomic E-state index is 5.65. The van der Waals surface area contributed by atoms with Crippen molar-refractivity contribution in [2.45, 2.75) is 12.8 Å². The van der Waals surface area contributed by atoms with Gasteiger partial charge in [0.25, 0.3) is 0 Å². The highest BCUT2D eigenvalue weighted by Crippen LogP contribution is 2.35. The van der Waals surface area contributed by atoms with Crippen LogP contribution in [0.1, 0.15) is 12.0 Å². The van der Waals surface area contributed by atoms with E-state index < -0.39 is 0 Å². The Morgan fingerprint density at radius 2 is 1.81 bits per heavy atom. The predicted molar refractivity (Wildman–Crippen MR) is 105 cm³/mol. The Kier molecular flexibility index (Phi) is 4.01. The van der Waals surface area contributed by atoms with Crippen LogP contribution in [0.15, 0.2) is 54.9 Å². The monoisotopic (exact) mass is 360 g/mol. The number of nitrogens with one attached hydrogen (secondary N) is 1. The van der Waals surface area contributed by atoms with E-state index in [-0.39, 0.29) is 0 Å². The summed E-state index contributed by atoms with van der Waals surface area (Å²) in [7, 11) is 0. The van der Waals surface area contributed by atoms with E-state index in [4.69, 9.17) is 9.47 Å². The predicted octanol–water partition coefficient (Wildman–Crippen LogP) is 4.08. The molecule has 1 aromatic heterocycles. The maximum Gasteiger partial charge on any atom is 0.163 e. The van der Waals surface area contributed by atoms with Crippen LogP contribution in [0.25, 0.3) is 0 Å². The van der Waals surface area contributed by atoms with E-state index in [1.54, 1.807) is 6.33 Å². The maximum absolute atomic E-state index is 5.65. The van der Waals surface area contributed by atoms with Crippen molar-refractivity contribution in [3.05, 3.63) is 60.4 Å². The Morgan fingerprint density at radius 3 is 2.78 bits per heavy atom. The molecule has 6 nitrogen and oxygen atoms in total. The minimum absolute atomic E-state index is 0.572. The molecule has 0 bridgehead atoms. The number of aromatic nitrogens is 2. The van der Waals surface area contributed by atoms with Crippen molar-refractivity contribution >= 4 is 23.0 Å². The molecule has 2 aliphatic heterocycles. The zero-order chi connectivity index (χ0) is 18.1. The average molecular weight is 360 g/mol. The van der Waals surface area contributed by atoms with E-state index in [2.05, 4.69) is 44.5 Å². The van der Waals surface area contributed by atoms with Crippen LogP contribution < -0.4 is 19.7 Å². The molecule has 0 saturated carbocycles. The molecule has 6 heteroatoms. The van der Waals surface area contributed by atoms with Gasteiger partial charge in [-0.25, -0.2) is 9.97 Å². The number of rotatable bonds is 3. The summed E-state index contributed by atoms with van der Waals surface area (Å²) in [4.78, 5) is 11.1. The molecule has 27 heavy (non-hydrogen) atoms. The van der Waals surface area contributed by atoms with Crippen molar-refractivity contribution in [1.82, 2.24) is 9.97 Å². The van der Waals surface area contributed by atoms with Gasteiger partial charge in [-0.2, -0.15) is 0 Å². The van der Waals surface area contributed by atoms with Crippen molar-refractivity contribution in [3.63, 3.8) is 0 Å². The van der Waals surface area contributed by atoms with E-state index >= 15 is 0 Å². The third kappa shape index (κ3) is 3.14. The van der Waals surface area contributed by atoms with Crippen LogP contribution in [0.4, 0.5) is 23.0 Å². The number of benzene rings is 2. The van der Waals surface area contributed by atoms with Gasteiger partial charge in [-0.3, -0.25) is 0 Å². The molecule has 0 aliphatic carbocycles. The van der Waals surface area contributed by atoms with Gasteiger partial charge in [0.05, 0.1) is 0 Å². The van der Waals surface area contributed by atoms with Crippen molar-refractivity contribution in [2.75, 3.05) is 30.0 Å². The summed E-state index contributed by atoms with van der Waals surface area (Å²) >= 11 is 0. The fraction of sp³-hybridized carbons (Fsp3) is 0.238. The zero-order valence-electron chi connectivity index (χ0n) is 14.9. The summed E-state index contributed by atoms with van der Waals surface area (Å²) < 4.78 is 11.2. The van der Waals surface area contributed by atoms with Crippen LogP contribution in [0, 0.1) is 0 Å². The summed E-state index contributed by atoms with van der Waals surface area (Å²) in [6, 6.07) is 16.3. The Hall–Kier alpha value is -3.28. The molecule has 1 N–H and O–H groups in total. The number of hydrogen-bond acceptors (Lipinski definition) is 6. The van der Waals surface area contributed by atoms with Crippen LogP contribution >= 0.6 is 0 Å². The molecule has 2 aliphatic rings. The molecular weight excluding hydrogens is 340 g/mol. The fourth-order valence-corrected chi connectivity index (χ4v) is 3.60. The first-order valence-corrected chi connectivity index (χ1v) is 9.21. The minimum atomic E-state index is 0.572. The summed E-state index contributed by atoms with van der Waals surface area (Å²) in [5.74, 6) is 3.18. The average Bonchev–Trinajstić information content (AvgIpc) is 2.73. The Labute approximate surface area is 157 Å². The number of aryl methyl sites for hydroxylation is 1. The Bertz CT molecular complexity index is 976. The highest BCUT2D eigenvalue weighted by atomic mass is 16.6. The summed E-state index contributed by atoms with van der Waals surface area (Å²) in [5, 5.41) is 3.34. The molecule has 3 aromatic rings. The van der Waals surface area contributed by atoms with Gasteiger partial charge >= 0.3 is 0 Å². The molecule has 5 rings (SSSR count). The van der Waals surface area contributed by atoms with Gasteiger partial charge in [-0.1, -0.05) is 18.2 Å². The number of para-hydroxylation sites is 1. The lowest BCUT2D eigenvalue weighted by Crippen LogP contribution is -2.25. The summed E-state index contributed by atoms with van der Waals surface area (Å²) in [6.45, 7) is 2.12. The molecule has 3 heterocycles. The standard InChI is InChI=1S/C21H20N4O2/c1-2-6-17-15(4-1)5-3-9-25(17)21-13-20(22-14-23-21)24-16-7-8-18-19(12-16)27-11-10-26-18/h1-2,4,6-8,12-14H,3,5,9-11H2,(H,22,23,24). The van der Waals surface area contributed by atoms with Crippen molar-refractivity contribution in [1.29, 1.82) is 0 Å². The second kappa shape index (κ2) is 6.79. The van der Waals surface area contributed by atoms with Crippen LogP contribution in [0.5, 0.6) is 11.5 Å². The number of hydrogen-bond donors (Lipinski definition) is 1. The van der Waals surface area contributed by atoms with Crippen LogP contribution in [0.3, 0.4) is 0 Å². The first kappa shape index (κ1) is 15.9. The number of nitrogens with zero attached hydrogens (tertiary/aromatic N) is 3. The SMILES string of the molecule is c1ccc2c(c1)CCCN2c1cc(Nc2ccc3c(c2)OCCO3)ncn1. The van der Waals surface area contributed by atoms with Gasteiger partial charge < -0.3 is 19.7 Å².